The minimum Gasteiger partial charge on any atom is -0.273 e. The number of anilines is 2. The Labute approximate surface area is 189 Å². The number of carbonyl (C=O) groups excluding carboxylic acids is 2. The molecule has 1 aromatic heterocycles. The summed E-state index contributed by atoms with van der Waals surface area (Å²) in [4.78, 5) is 34.1. The van der Waals surface area contributed by atoms with E-state index >= 15 is 0 Å². The maximum atomic E-state index is 13.4. The zero-order valence-electron chi connectivity index (χ0n) is 16.1. The van der Waals surface area contributed by atoms with Gasteiger partial charge in [-0.05, 0) is 53.9 Å². The largest absolute Gasteiger partial charge is 0.416 e. The van der Waals surface area contributed by atoms with Crippen molar-refractivity contribution in [3.05, 3.63) is 81.5 Å². The first-order valence-corrected chi connectivity index (χ1v) is 10.8. The van der Waals surface area contributed by atoms with Gasteiger partial charge in [-0.15, -0.1) is 11.3 Å². The van der Waals surface area contributed by atoms with E-state index in [0.29, 0.717) is 10.7 Å². The molecule has 3 heterocycles. The van der Waals surface area contributed by atoms with Crippen molar-refractivity contribution in [2.45, 2.75) is 18.3 Å². The Morgan fingerprint density at radius 1 is 0.938 bits per heavy atom. The van der Waals surface area contributed by atoms with Crippen LogP contribution in [0.1, 0.15) is 16.5 Å². The maximum absolute atomic E-state index is 13.4. The third kappa shape index (κ3) is 3.37. The highest BCUT2D eigenvalue weighted by Gasteiger charge is 2.60. The summed E-state index contributed by atoms with van der Waals surface area (Å²) in [5.41, 5.74) is -0.463. The first-order chi connectivity index (χ1) is 15.3. The predicted octanol–water partition coefficient (Wildman–Crippen LogP) is 5.47. The minimum atomic E-state index is -4.60. The van der Waals surface area contributed by atoms with Crippen LogP contribution in [0, 0.1) is 5.92 Å². The number of thiophene rings is 1. The van der Waals surface area contributed by atoms with Gasteiger partial charge in [-0.2, -0.15) is 13.2 Å². The molecule has 5 rings (SSSR count). The predicted molar refractivity (Wildman–Crippen MR) is 113 cm³/mol. The molecule has 0 N–H and O–H groups in total. The van der Waals surface area contributed by atoms with Crippen LogP contribution in [-0.4, -0.2) is 17.9 Å². The summed E-state index contributed by atoms with van der Waals surface area (Å²) in [6.07, 6.45) is -5.75. The number of nitrogens with zero attached hydrogens (tertiary/aromatic N) is 2. The Morgan fingerprint density at radius 2 is 1.69 bits per heavy atom. The summed E-state index contributed by atoms with van der Waals surface area (Å²) in [5.74, 6) is -2.21. The van der Waals surface area contributed by atoms with Gasteiger partial charge in [0.1, 0.15) is 12.0 Å². The first kappa shape index (κ1) is 21.0. The fourth-order valence-corrected chi connectivity index (χ4v) is 5.03. The molecule has 2 fully saturated rings. The minimum absolute atomic E-state index is 0.129. The van der Waals surface area contributed by atoms with Gasteiger partial charge in [0.25, 0.3) is 5.91 Å². The number of amides is 2. The number of halogens is 4. The van der Waals surface area contributed by atoms with Crippen LogP contribution in [0.2, 0.25) is 5.02 Å². The molecule has 0 unspecified atom stereocenters. The van der Waals surface area contributed by atoms with Crippen LogP contribution in [0.3, 0.4) is 0 Å². The molecule has 3 atom stereocenters. The quantitative estimate of drug-likeness (QED) is 0.468. The van der Waals surface area contributed by atoms with E-state index in [0.717, 1.165) is 21.9 Å². The van der Waals surface area contributed by atoms with E-state index in [1.165, 1.54) is 28.5 Å². The zero-order valence-corrected chi connectivity index (χ0v) is 17.7. The highest BCUT2D eigenvalue weighted by Crippen LogP contribution is 2.49. The third-order valence-corrected chi connectivity index (χ3v) is 6.66. The van der Waals surface area contributed by atoms with Crippen molar-refractivity contribution in [2.75, 3.05) is 9.96 Å². The number of hydrogen-bond acceptors (Lipinski definition) is 5. The summed E-state index contributed by atoms with van der Waals surface area (Å²) >= 11 is 7.37. The van der Waals surface area contributed by atoms with Crippen LogP contribution < -0.4 is 9.96 Å². The van der Waals surface area contributed by atoms with Crippen LogP contribution in [-0.2, 0) is 20.6 Å². The Morgan fingerprint density at radius 3 is 2.34 bits per heavy atom. The Bertz CT molecular complexity index is 1180. The summed E-state index contributed by atoms with van der Waals surface area (Å²) in [6, 6.07) is 14.0. The number of hydrogen-bond donors (Lipinski definition) is 0. The molecule has 164 valence electrons. The van der Waals surface area contributed by atoms with Crippen LogP contribution in [0.5, 0.6) is 0 Å². The van der Waals surface area contributed by atoms with Crippen LogP contribution in [0.15, 0.2) is 66.0 Å². The average molecular weight is 479 g/mol. The maximum Gasteiger partial charge on any atom is 0.416 e. The number of rotatable bonds is 3. The average Bonchev–Trinajstić information content (AvgIpc) is 3.46. The lowest BCUT2D eigenvalue weighted by Gasteiger charge is -2.28. The van der Waals surface area contributed by atoms with Gasteiger partial charge in [0.2, 0.25) is 5.91 Å². The van der Waals surface area contributed by atoms with Gasteiger partial charge >= 0.3 is 6.18 Å². The van der Waals surface area contributed by atoms with Crippen molar-refractivity contribution >= 4 is 46.1 Å². The van der Waals surface area contributed by atoms with Gasteiger partial charge in [0, 0.05) is 9.90 Å². The molecule has 2 amide bonds. The number of benzene rings is 2. The van der Waals surface area contributed by atoms with Gasteiger partial charge in [-0.1, -0.05) is 23.7 Å². The molecule has 0 spiro atoms. The molecule has 0 aliphatic carbocycles. The van der Waals surface area contributed by atoms with Crippen molar-refractivity contribution in [1.82, 2.24) is 0 Å². The lowest BCUT2D eigenvalue weighted by Crippen LogP contribution is -2.37. The van der Waals surface area contributed by atoms with Crippen molar-refractivity contribution in [1.29, 1.82) is 0 Å². The fourth-order valence-electron chi connectivity index (χ4n) is 4.05. The second-order valence-electron chi connectivity index (χ2n) is 7.37. The van der Waals surface area contributed by atoms with Gasteiger partial charge in [0.15, 0.2) is 6.10 Å². The van der Waals surface area contributed by atoms with E-state index in [4.69, 9.17) is 16.4 Å². The van der Waals surface area contributed by atoms with Crippen LogP contribution in [0.4, 0.5) is 24.5 Å². The molecular formula is C22H14ClF3N2O3S. The lowest BCUT2D eigenvalue weighted by atomic mass is 9.95. The van der Waals surface area contributed by atoms with Gasteiger partial charge in [-0.3, -0.25) is 14.4 Å². The van der Waals surface area contributed by atoms with Crippen LogP contribution >= 0.6 is 22.9 Å². The van der Waals surface area contributed by atoms with E-state index in [2.05, 4.69) is 0 Å². The first-order valence-electron chi connectivity index (χ1n) is 9.56. The molecule has 0 bridgehead atoms. The molecule has 0 saturated carbocycles. The van der Waals surface area contributed by atoms with Crippen molar-refractivity contribution in [3.63, 3.8) is 0 Å². The molecule has 2 aliphatic heterocycles. The third-order valence-electron chi connectivity index (χ3n) is 5.46. The molecule has 2 aliphatic rings. The summed E-state index contributed by atoms with van der Waals surface area (Å²) in [7, 11) is 0. The summed E-state index contributed by atoms with van der Waals surface area (Å²) in [5, 5.41) is 3.87. The van der Waals surface area contributed by atoms with E-state index < -0.39 is 41.6 Å². The number of carbonyl (C=O) groups is 2. The molecule has 10 heteroatoms. The fraction of sp³-hybridized carbons (Fsp3) is 0.182. The second kappa shape index (κ2) is 7.61. The molecule has 2 saturated heterocycles. The molecule has 0 radical (unpaired) electrons. The standard InChI is InChI=1S/C22H14ClF3N2O3S/c23-13-6-8-14(9-7-13)28-18(16-5-2-10-32-16)17-19(31-28)21(30)27(20(17)29)15-4-1-3-12(11-15)22(24,25)26/h1-11,17-19H/t17-,18-,19-/m1/s1. The Hall–Kier alpha value is -2.88. The van der Waals surface area contributed by atoms with E-state index in [-0.39, 0.29) is 5.69 Å². The Kier molecular flexibility index (Phi) is 4.99. The molecular weight excluding hydrogens is 465 g/mol. The highest BCUT2D eigenvalue weighted by atomic mass is 35.5. The number of hydroxylamine groups is 1. The van der Waals surface area contributed by atoms with Gasteiger partial charge in [0.05, 0.1) is 16.9 Å². The number of imide groups is 1. The highest BCUT2D eigenvalue weighted by molar-refractivity contribution is 7.10. The monoisotopic (exact) mass is 478 g/mol. The van der Waals surface area contributed by atoms with Crippen molar-refractivity contribution in [2.24, 2.45) is 5.92 Å². The zero-order chi connectivity index (χ0) is 22.6. The number of fused-ring (bicyclic) bond motifs is 1. The van der Waals surface area contributed by atoms with Crippen LogP contribution in [0.25, 0.3) is 0 Å². The topological polar surface area (TPSA) is 49.9 Å². The van der Waals surface area contributed by atoms with Gasteiger partial charge < -0.3 is 0 Å². The summed E-state index contributed by atoms with van der Waals surface area (Å²) < 4.78 is 39.5. The van der Waals surface area contributed by atoms with Crippen molar-refractivity contribution in [3.8, 4) is 0 Å². The summed E-state index contributed by atoms with van der Waals surface area (Å²) in [6.45, 7) is 0. The van der Waals surface area contributed by atoms with Gasteiger partial charge in [-0.25, -0.2) is 9.96 Å². The smallest absolute Gasteiger partial charge is 0.273 e. The molecule has 3 aromatic rings. The molecule has 2 aromatic carbocycles. The molecule has 32 heavy (non-hydrogen) atoms. The van der Waals surface area contributed by atoms with E-state index in [1.54, 1.807) is 24.3 Å². The Balaban J connectivity index is 1.54. The lowest BCUT2D eigenvalue weighted by molar-refractivity contribution is -0.137. The second-order valence-corrected chi connectivity index (χ2v) is 8.79. The SMILES string of the molecule is O=C1[C@@H]2[C@@H](c3cccs3)N(c3ccc(Cl)cc3)O[C@H]2C(=O)N1c1cccc(C(F)(F)F)c1. The normalized spacial score (nSPS) is 23.2. The van der Waals surface area contributed by atoms with E-state index in [9.17, 15) is 22.8 Å². The molecule has 5 nitrogen and oxygen atoms in total. The van der Waals surface area contributed by atoms with Crippen molar-refractivity contribution < 1.29 is 27.6 Å². The number of alkyl halides is 3. The van der Waals surface area contributed by atoms with E-state index in [1.807, 2.05) is 17.5 Å².